The third-order valence-corrected chi connectivity index (χ3v) is 3.45. The molecule has 4 nitrogen and oxygen atoms in total. The van der Waals surface area contributed by atoms with Gasteiger partial charge < -0.3 is 5.32 Å². The second kappa shape index (κ2) is 4.53. The van der Waals surface area contributed by atoms with Gasteiger partial charge in [-0.05, 0) is 49.9 Å². The van der Waals surface area contributed by atoms with E-state index >= 15 is 0 Å². The second-order valence-electron chi connectivity index (χ2n) is 5.08. The third kappa shape index (κ3) is 2.43. The fourth-order valence-corrected chi connectivity index (χ4v) is 1.91. The van der Waals surface area contributed by atoms with Crippen molar-refractivity contribution in [3.05, 3.63) is 41.2 Å². The van der Waals surface area contributed by atoms with Crippen LogP contribution in [0.4, 0.5) is 0 Å². The molecule has 0 atom stereocenters. The molecule has 1 N–H and O–H groups in total. The van der Waals surface area contributed by atoms with E-state index in [-0.39, 0.29) is 0 Å². The lowest BCUT2D eigenvalue weighted by atomic mass is 10.1. The molecule has 0 amide bonds. The third-order valence-electron chi connectivity index (χ3n) is 3.45. The number of benzene rings is 1. The van der Waals surface area contributed by atoms with Crippen LogP contribution in [0.2, 0.25) is 0 Å². The highest BCUT2D eigenvalue weighted by molar-refractivity contribution is 5.38. The van der Waals surface area contributed by atoms with Gasteiger partial charge in [-0.1, -0.05) is 11.3 Å². The van der Waals surface area contributed by atoms with Crippen LogP contribution in [-0.4, -0.2) is 21.0 Å². The van der Waals surface area contributed by atoms with E-state index in [1.54, 1.807) is 0 Å². The highest BCUT2D eigenvalue weighted by Gasteiger charge is 2.20. The zero-order chi connectivity index (χ0) is 12.5. The average Bonchev–Trinajstić information content (AvgIpc) is 3.08. The number of nitrogens with one attached hydrogen (secondary N) is 1. The van der Waals surface area contributed by atoms with Crippen molar-refractivity contribution in [2.45, 2.75) is 39.3 Å². The van der Waals surface area contributed by atoms with E-state index in [1.807, 2.05) is 10.9 Å². The van der Waals surface area contributed by atoms with Crippen molar-refractivity contribution in [1.29, 1.82) is 0 Å². The van der Waals surface area contributed by atoms with Gasteiger partial charge in [-0.15, -0.1) is 5.10 Å². The van der Waals surface area contributed by atoms with Gasteiger partial charge in [0.25, 0.3) is 0 Å². The number of hydrogen-bond acceptors (Lipinski definition) is 3. The maximum atomic E-state index is 4.19. The van der Waals surface area contributed by atoms with E-state index in [9.17, 15) is 0 Å². The summed E-state index contributed by atoms with van der Waals surface area (Å²) in [5, 5.41) is 11.8. The van der Waals surface area contributed by atoms with Crippen LogP contribution in [0.1, 0.15) is 29.7 Å². The molecule has 1 heterocycles. The van der Waals surface area contributed by atoms with Gasteiger partial charge in [0.2, 0.25) is 0 Å². The molecule has 94 valence electrons. The molecule has 1 saturated carbocycles. The first-order valence-electron chi connectivity index (χ1n) is 6.44. The van der Waals surface area contributed by atoms with Gasteiger partial charge in [-0.25, -0.2) is 4.68 Å². The number of rotatable bonds is 4. The Bertz CT molecular complexity index is 555. The number of aromatic nitrogens is 3. The zero-order valence-electron chi connectivity index (χ0n) is 10.8. The quantitative estimate of drug-likeness (QED) is 0.893. The molecule has 0 radical (unpaired) electrons. The van der Waals surface area contributed by atoms with Crippen LogP contribution in [0, 0.1) is 13.8 Å². The molecule has 1 aliphatic carbocycles. The lowest BCUT2D eigenvalue weighted by Gasteiger charge is -2.04. The van der Waals surface area contributed by atoms with Gasteiger partial charge in [0.1, 0.15) is 0 Å². The molecule has 0 saturated heterocycles. The Hall–Kier alpha value is -1.68. The Morgan fingerprint density at radius 2 is 2.11 bits per heavy atom. The minimum Gasteiger partial charge on any atom is -0.308 e. The predicted octanol–water partition coefficient (Wildman–Crippen LogP) is 2.14. The number of hydrogen-bond donors (Lipinski definition) is 1. The summed E-state index contributed by atoms with van der Waals surface area (Å²) in [5.74, 6) is 0. The highest BCUT2D eigenvalue weighted by Crippen LogP contribution is 2.19. The zero-order valence-corrected chi connectivity index (χ0v) is 10.8. The van der Waals surface area contributed by atoms with Crippen LogP contribution in [0.15, 0.2) is 24.4 Å². The largest absolute Gasteiger partial charge is 0.308 e. The smallest absolute Gasteiger partial charge is 0.0969 e. The molecule has 2 aromatic rings. The summed E-state index contributed by atoms with van der Waals surface area (Å²) < 4.78 is 1.84. The van der Waals surface area contributed by atoms with Crippen molar-refractivity contribution in [3.8, 4) is 5.69 Å². The first-order valence-corrected chi connectivity index (χ1v) is 6.44. The predicted molar refractivity (Wildman–Crippen MR) is 70.7 cm³/mol. The van der Waals surface area contributed by atoms with Crippen LogP contribution in [0.5, 0.6) is 0 Å². The van der Waals surface area contributed by atoms with E-state index in [2.05, 4.69) is 47.7 Å². The molecule has 0 unspecified atom stereocenters. The second-order valence-corrected chi connectivity index (χ2v) is 5.08. The molecule has 18 heavy (non-hydrogen) atoms. The van der Waals surface area contributed by atoms with E-state index in [0.29, 0.717) is 6.04 Å². The molecule has 0 bridgehead atoms. The van der Waals surface area contributed by atoms with Crippen molar-refractivity contribution in [1.82, 2.24) is 20.3 Å². The first kappa shape index (κ1) is 11.4. The summed E-state index contributed by atoms with van der Waals surface area (Å²) in [6.07, 6.45) is 4.59. The summed E-state index contributed by atoms with van der Waals surface area (Å²) in [6, 6.07) is 7.04. The molecule has 1 fully saturated rings. The molecular weight excluding hydrogens is 224 g/mol. The summed E-state index contributed by atoms with van der Waals surface area (Å²) in [4.78, 5) is 0. The maximum absolute atomic E-state index is 4.19. The Morgan fingerprint density at radius 3 is 2.83 bits per heavy atom. The first-order chi connectivity index (χ1) is 8.72. The van der Waals surface area contributed by atoms with Crippen molar-refractivity contribution in [2.75, 3.05) is 0 Å². The Kier molecular flexibility index (Phi) is 2.88. The minimum absolute atomic E-state index is 0.705. The average molecular weight is 242 g/mol. The van der Waals surface area contributed by atoms with E-state index < -0.39 is 0 Å². The molecule has 1 aromatic carbocycles. The van der Waals surface area contributed by atoms with E-state index in [0.717, 1.165) is 17.9 Å². The van der Waals surface area contributed by atoms with E-state index in [4.69, 9.17) is 0 Å². The lowest BCUT2D eigenvalue weighted by Crippen LogP contribution is -2.15. The fraction of sp³-hybridized carbons (Fsp3) is 0.429. The van der Waals surface area contributed by atoms with Gasteiger partial charge in [0.15, 0.2) is 0 Å². The van der Waals surface area contributed by atoms with Crippen LogP contribution < -0.4 is 5.32 Å². The van der Waals surface area contributed by atoms with Gasteiger partial charge in [-0.2, -0.15) is 0 Å². The molecule has 3 rings (SSSR count). The molecule has 1 aliphatic rings. The molecular formula is C14H18N4. The van der Waals surface area contributed by atoms with Crippen LogP contribution in [-0.2, 0) is 6.54 Å². The fourth-order valence-electron chi connectivity index (χ4n) is 1.91. The Labute approximate surface area is 107 Å². The summed E-state index contributed by atoms with van der Waals surface area (Å²) in [7, 11) is 0. The number of aryl methyl sites for hydroxylation is 2. The Morgan fingerprint density at radius 1 is 1.28 bits per heavy atom. The van der Waals surface area contributed by atoms with Crippen LogP contribution in [0.25, 0.3) is 5.69 Å². The number of nitrogens with zero attached hydrogens (tertiary/aromatic N) is 3. The molecule has 0 aliphatic heterocycles. The monoisotopic (exact) mass is 242 g/mol. The summed E-state index contributed by atoms with van der Waals surface area (Å²) >= 11 is 0. The normalized spacial score (nSPS) is 15.0. The van der Waals surface area contributed by atoms with Crippen molar-refractivity contribution >= 4 is 0 Å². The minimum atomic E-state index is 0.705. The van der Waals surface area contributed by atoms with Gasteiger partial charge >= 0.3 is 0 Å². The van der Waals surface area contributed by atoms with Gasteiger partial charge in [0.05, 0.1) is 17.6 Å². The van der Waals surface area contributed by atoms with Gasteiger partial charge in [0, 0.05) is 12.6 Å². The highest BCUT2D eigenvalue weighted by atomic mass is 15.4. The molecule has 1 aromatic heterocycles. The Balaban J connectivity index is 1.76. The van der Waals surface area contributed by atoms with Gasteiger partial charge in [-0.3, -0.25) is 0 Å². The van der Waals surface area contributed by atoms with Crippen LogP contribution in [0.3, 0.4) is 0 Å². The molecule has 4 heteroatoms. The topological polar surface area (TPSA) is 42.7 Å². The van der Waals surface area contributed by atoms with E-state index in [1.165, 1.54) is 24.0 Å². The maximum Gasteiger partial charge on any atom is 0.0969 e. The van der Waals surface area contributed by atoms with Crippen LogP contribution >= 0.6 is 0 Å². The standard InChI is InChI=1S/C14H18N4/c1-10-3-6-14(7-11(10)2)18-9-13(16-17-18)8-15-12-4-5-12/h3,6-7,9,12,15H,4-5,8H2,1-2H3. The summed E-state index contributed by atoms with van der Waals surface area (Å²) in [5.41, 5.74) is 4.65. The summed E-state index contributed by atoms with van der Waals surface area (Å²) in [6.45, 7) is 5.05. The van der Waals surface area contributed by atoms with Crippen molar-refractivity contribution < 1.29 is 0 Å². The lowest BCUT2D eigenvalue weighted by molar-refractivity contribution is 0.671. The van der Waals surface area contributed by atoms with Crippen molar-refractivity contribution in [2.24, 2.45) is 0 Å². The SMILES string of the molecule is Cc1ccc(-n2cc(CNC3CC3)nn2)cc1C. The molecule has 0 spiro atoms. The van der Waals surface area contributed by atoms with Crippen molar-refractivity contribution in [3.63, 3.8) is 0 Å².